The molecule has 1 aliphatic carbocycles. The highest BCUT2D eigenvalue weighted by Crippen LogP contribution is 2.48. The lowest BCUT2D eigenvalue weighted by molar-refractivity contribution is 0.00811. The van der Waals surface area contributed by atoms with Crippen LogP contribution >= 0.6 is 0 Å². The number of ether oxygens (including phenoxy) is 1. The zero-order chi connectivity index (χ0) is 16.9. The molecule has 3 heterocycles. The van der Waals surface area contributed by atoms with Gasteiger partial charge in [-0.15, -0.1) is 0 Å². The number of hydrogen-bond acceptors (Lipinski definition) is 5. The number of sulfonamides is 1. The molecule has 1 aromatic heterocycles. The normalized spacial score (nSPS) is 28.3. The van der Waals surface area contributed by atoms with Gasteiger partial charge < -0.3 is 4.74 Å². The minimum absolute atomic E-state index is 0.184. The third-order valence-corrected chi connectivity index (χ3v) is 7.67. The van der Waals surface area contributed by atoms with Gasteiger partial charge in [0.25, 0.3) is 10.0 Å². The minimum atomic E-state index is -3.42. The van der Waals surface area contributed by atoms with Crippen LogP contribution in [0.3, 0.4) is 0 Å². The number of aryl methyl sites for hydroxylation is 2. The Morgan fingerprint density at radius 3 is 2.62 bits per heavy atom. The van der Waals surface area contributed by atoms with Gasteiger partial charge in [-0.1, -0.05) is 0 Å². The van der Waals surface area contributed by atoms with Gasteiger partial charge in [-0.3, -0.25) is 9.58 Å². The standard InChI is InChI=1S/C16H26N4O3S/c1-13-9-15(18(2)17-13)24(21,22)20-11-16(12-20)4-3-14(10-16)19-5-7-23-8-6-19/h9,14H,3-8,10-12H2,1-2H3/t14-/m0/s1. The monoisotopic (exact) mass is 354 g/mol. The maximum atomic E-state index is 12.8. The third kappa shape index (κ3) is 2.69. The average Bonchev–Trinajstić information content (AvgIpc) is 3.11. The van der Waals surface area contributed by atoms with Gasteiger partial charge in [0.1, 0.15) is 0 Å². The predicted molar refractivity (Wildman–Crippen MR) is 89.2 cm³/mol. The van der Waals surface area contributed by atoms with Crippen molar-refractivity contribution in [3.05, 3.63) is 11.8 Å². The zero-order valence-electron chi connectivity index (χ0n) is 14.4. The van der Waals surface area contributed by atoms with Crippen LogP contribution in [0, 0.1) is 12.3 Å². The van der Waals surface area contributed by atoms with Crippen LogP contribution in [0.1, 0.15) is 25.0 Å². The predicted octanol–water partition coefficient (Wildman–Crippen LogP) is 0.604. The van der Waals surface area contributed by atoms with Crippen LogP contribution in [0.2, 0.25) is 0 Å². The third-order valence-electron chi connectivity index (χ3n) is 5.83. The van der Waals surface area contributed by atoms with Crippen LogP contribution in [0.15, 0.2) is 11.1 Å². The summed E-state index contributed by atoms with van der Waals surface area (Å²) in [4.78, 5) is 2.53. The smallest absolute Gasteiger partial charge is 0.260 e. The molecule has 4 rings (SSSR count). The van der Waals surface area contributed by atoms with E-state index in [2.05, 4.69) is 10.00 Å². The summed E-state index contributed by atoms with van der Waals surface area (Å²) >= 11 is 0. The molecule has 7 nitrogen and oxygen atoms in total. The summed E-state index contributed by atoms with van der Waals surface area (Å²) in [5.74, 6) is 0. The molecule has 24 heavy (non-hydrogen) atoms. The molecule has 3 fully saturated rings. The van der Waals surface area contributed by atoms with Gasteiger partial charge in [0.2, 0.25) is 0 Å². The van der Waals surface area contributed by atoms with E-state index in [1.807, 2.05) is 6.92 Å². The lowest BCUT2D eigenvalue weighted by Crippen LogP contribution is -2.58. The molecular formula is C16H26N4O3S. The summed E-state index contributed by atoms with van der Waals surface area (Å²) in [7, 11) is -1.72. The summed E-state index contributed by atoms with van der Waals surface area (Å²) in [6.45, 7) is 6.79. The number of nitrogens with zero attached hydrogens (tertiary/aromatic N) is 4. The molecule has 2 saturated heterocycles. The number of aromatic nitrogens is 2. The number of hydrogen-bond donors (Lipinski definition) is 0. The second kappa shape index (κ2) is 5.79. The Morgan fingerprint density at radius 1 is 1.29 bits per heavy atom. The lowest BCUT2D eigenvalue weighted by Gasteiger charge is -2.47. The van der Waals surface area contributed by atoms with Gasteiger partial charge >= 0.3 is 0 Å². The second-order valence-corrected chi connectivity index (χ2v) is 9.45. The van der Waals surface area contributed by atoms with Crippen molar-refractivity contribution in [3.8, 4) is 0 Å². The molecule has 1 saturated carbocycles. The first-order valence-corrected chi connectivity index (χ1v) is 10.2. The van der Waals surface area contributed by atoms with E-state index in [-0.39, 0.29) is 5.41 Å². The highest BCUT2D eigenvalue weighted by atomic mass is 32.2. The average molecular weight is 354 g/mol. The summed E-state index contributed by atoms with van der Waals surface area (Å²) in [6, 6.07) is 2.25. The maximum Gasteiger partial charge on any atom is 0.260 e. The Hall–Kier alpha value is -0.960. The molecule has 0 bridgehead atoms. The van der Waals surface area contributed by atoms with E-state index < -0.39 is 10.0 Å². The summed E-state index contributed by atoms with van der Waals surface area (Å²) in [5.41, 5.74) is 0.920. The Labute approximate surface area is 143 Å². The van der Waals surface area contributed by atoms with Crippen LogP contribution < -0.4 is 0 Å². The van der Waals surface area contributed by atoms with E-state index in [9.17, 15) is 8.42 Å². The van der Waals surface area contributed by atoms with Gasteiger partial charge in [0.05, 0.1) is 18.9 Å². The van der Waals surface area contributed by atoms with Crippen molar-refractivity contribution in [2.24, 2.45) is 12.5 Å². The molecule has 1 atom stereocenters. The second-order valence-electron chi connectivity index (χ2n) is 7.57. The van der Waals surface area contributed by atoms with E-state index in [1.54, 1.807) is 17.4 Å². The molecule has 3 aliphatic rings. The van der Waals surface area contributed by atoms with E-state index in [0.717, 1.165) is 44.8 Å². The summed E-state index contributed by atoms with van der Waals surface area (Å²) in [6.07, 6.45) is 3.42. The largest absolute Gasteiger partial charge is 0.379 e. The van der Waals surface area contributed by atoms with Crippen molar-refractivity contribution in [2.75, 3.05) is 39.4 Å². The van der Waals surface area contributed by atoms with Crippen molar-refractivity contribution in [1.82, 2.24) is 19.0 Å². The van der Waals surface area contributed by atoms with Crippen LogP contribution in [-0.4, -0.2) is 72.8 Å². The Morgan fingerprint density at radius 2 is 2.00 bits per heavy atom. The SMILES string of the molecule is Cc1cc(S(=O)(=O)N2CC3(CC[C@H](N4CCOCC4)C3)C2)n(C)n1. The minimum Gasteiger partial charge on any atom is -0.379 e. The highest BCUT2D eigenvalue weighted by molar-refractivity contribution is 7.89. The van der Waals surface area contributed by atoms with Crippen molar-refractivity contribution >= 4 is 10.0 Å². The molecular weight excluding hydrogens is 328 g/mol. The van der Waals surface area contributed by atoms with Gasteiger partial charge in [-0.25, -0.2) is 8.42 Å². The zero-order valence-corrected chi connectivity index (χ0v) is 15.3. The van der Waals surface area contributed by atoms with Crippen molar-refractivity contribution in [1.29, 1.82) is 0 Å². The van der Waals surface area contributed by atoms with Crippen molar-refractivity contribution < 1.29 is 13.2 Å². The quantitative estimate of drug-likeness (QED) is 0.795. The first-order chi connectivity index (χ1) is 11.4. The number of rotatable bonds is 3. The van der Waals surface area contributed by atoms with E-state index in [0.29, 0.717) is 24.2 Å². The fraction of sp³-hybridized carbons (Fsp3) is 0.812. The fourth-order valence-corrected chi connectivity index (χ4v) is 6.40. The van der Waals surface area contributed by atoms with Crippen molar-refractivity contribution in [3.63, 3.8) is 0 Å². The highest BCUT2D eigenvalue weighted by Gasteiger charge is 2.53. The fourth-order valence-electron chi connectivity index (χ4n) is 4.55. The molecule has 134 valence electrons. The molecule has 0 N–H and O–H groups in total. The summed E-state index contributed by atoms with van der Waals surface area (Å²) < 4.78 is 34.2. The number of morpholine rings is 1. The van der Waals surface area contributed by atoms with Gasteiger partial charge in [-0.2, -0.15) is 9.40 Å². The van der Waals surface area contributed by atoms with Gasteiger partial charge in [-0.05, 0) is 37.7 Å². The molecule has 0 aromatic carbocycles. The lowest BCUT2D eigenvalue weighted by atomic mass is 9.80. The Kier molecular flexibility index (Phi) is 3.98. The molecule has 1 aromatic rings. The Balaban J connectivity index is 1.42. The van der Waals surface area contributed by atoms with Gasteiger partial charge in [0.15, 0.2) is 5.03 Å². The first-order valence-electron chi connectivity index (χ1n) is 8.72. The van der Waals surface area contributed by atoms with E-state index in [1.165, 1.54) is 11.1 Å². The van der Waals surface area contributed by atoms with E-state index in [4.69, 9.17) is 4.74 Å². The van der Waals surface area contributed by atoms with E-state index >= 15 is 0 Å². The van der Waals surface area contributed by atoms with Crippen LogP contribution in [0.4, 0.5) is 0 Å². The topological polar surface area (TPSA) is 67.7 Å². The Bertz CT molecular complexity index is 718. The molecule has 0 radical (unpaired) electrons. The van der Waals surface area contributed by atoms with Crippen molar-refractivity contribution in [2.45, 2.75) is 37.3 Å². The molecule has 0 amide bonds. The molecule has 8 heteroatoms. The molecule has 2 aliphatic heterocycles. The molecule has 1 spiro atoms. The van der Waals surface area contributed by atoms with Crippen LogP contribution in [0.25, 0.3) is 0 Å². The molecule has 0 unspecified atom stereocenters. The van der Waals surface area contributed by atoms with Crippen LogP contribution in [0.5, 0.6) is 0 Å². The first kappa shape index (κ1) is 16.5. The van der Waals surface area contributed by atoms with Gasteiger partial charge in [0, 0.05) is 39.3 Å². The van der Waals surface area contributed by atoms with Crippen LogP contribution in [-0.2, 0) is 21.8 Å². The summed E-state index contributed by atoms with van der Waals surface area (Å²) in [5, 5.41) is 4.48. The maximum absolute atomic E-state index is 12.8.